The zero-order valence-electron chi connectivity index (χ0n) is 13.3. The van der Waals surface area contributed by atoms with E-state index in [1.165, 1.54) is 43.2 Å². The van der Waals surface area contributed by atoms with Crippen LogP contribution in [0.15, 0.2) is 24.3 Å². The normalized spacial score (nSPS) is 32.7. The SMILES string of the molecule is CC1CCCC(CN)(OCC2CCCc3ccccc32)C1. The summed E-state index contributed by atoms with van der Waals surface area (Å²) in [4.78, 5) is 0. The molecule has 0 heterocycles. The fourth-order valence-corrected chi connectivity index (χ4v) is 4.29. The fraction of sp³-hybridized carbons (Fsp3) is 0.684. The van der Waals surface area contributed by atoms with Gasteiger partial charge in [0.1, 0.15) is 0 Å². The molecular weight excluding hydrogens is 258 g/mol. The summed E-state index contributed by atoms with van der Waals surface area (Å²) in [7, 11) is 0. The van der Waals surface area contributed by atoms with Crippen LogP contribution in [0.4, 0.5) is 0 Å². The summed E-state index contributed by atoms with van der Waals surface area (Å²) >= 11 is 0. The maximum absolute atomic E-state index is 6.46. The first-order chi connectivity index (χ1) is 10.2. The maximum atomic E-state index is 6.46. The molecule has 0 saturated heterocycles. The molecule has 0 radical (unpaired) electrons. The number of fused-ring (bicyclic) bond motifs is 1. The molecule has 1 fully saturated rings. The third-order valence-corrected chi connectivity index (χ3v) is 5.51. The molecule has 2 N–H and O–H groups in total. The van der Waals surface area contributed by atoms with Crippen LogP contribution in [0.3, 0.4) is 0 Å². The van der Waals surface area contributed by atoms with E-state index in [1.807, 2.05) is 0 Å². The molecule has 2 aliphatic carbocycles. The van der Waals surface area contributed by atoms with Crippen LogP contribution < -0.4 is 5.73 Å². The Labute approximate surface area is 129 Å². The van der Waals surface area contributed by atoms with Gasteiger partial charge in [-0.2, -0.15) is 0 Å². The van der Waals surface area contributed by atoms with Gasteiger partial charge >= 0.3 is 0 Å². The van der Waals surface area contributed by atoms with Crippen molar-refractivity contribution in [2.45, 2.75) is 63.4 Å². The number of nitrogens with two attached hydrogens (primary N) is 1. The topological polar surface area (TPSA) is 35.2 Å². The van der Waals surface area contributed by atoms with E-state index in [4.69, 9.17) is 10.5 Å². The molecule has 0 bridgehead atoms. The molecule has 2 nitrogen and oxygen atoms in total. The Hall–Kier alpha value is -0.860. The molecule has 0 aliphatic heterocycles. The minimum atomic E-state index is -0.0515. The predicted octanol–water partition coefficient (Wildman–Crippen LogP) is 4.03. The summed E-state index contributed by atoms with van der Waals surface area (Å²) in [5.74, 6) is 1.32. The van der Waals surface area contributed by atoms with E-state index in [0.717, 1.165) is 25.4 Å². The van der Waals surface area contributed by atoms with Crippen LogP contribution in [-0.4, -0.2) is 18.8 Å². The van der Waals surface area contributed by atoms with Gasteiger partial charge in [-0.3, -0.25) is 0 Å². The van der Waals surface area contributed by atoms with Crippen LogP contribution in [0.1, 0.15) is 62.5 Å². The van der Waals surface area contributed by atoms with E-state index >= 15 is 0 Å². The minimum absolute atomic E-state index is 0.0515. The summed E-state index contributed by atoms with van der Waals surface area (Å²) in [6.45, 7) is 3.86. The number of hydrogen-bond donors (Lipinski definition) is 1. The Morgan fingerprint density at radius 2 is 2.10 bits per heavy atom. The molecule has 3 atom stereocenters. The highest BCUT2D eigenvalue weighted by Crippen LogP contribution is 2.37. The molecule has 0 amide bonds. The third kappa shape index (κ3) is 3.32. The van der Waals surface area contributed by atoms with Gasteiger partial charge in [0, 0.05) is 12.5 Å². The van der Waals surface area contributed by atoms with Gasteiger partial charge in [-0.25, -0.2) is 0 Å². The van der Waals surface area contributed by atoms with Gasteiger partial charge in [0.15, 0.2) is 0 Å². The Kier molecular flexibility index (Phi) is 4.66. The summed E-state index contributed by atoms with van der Waals surface area (Å²) in [5.41, 5.74) is 9.07. The highest BCUT2D eigenvalue weighted by Gasteiger charge is 2.35. The monoisotopic (exact) mass is 287 g/mol. The Morgan fingerprint density at radius 3 is 2.90 bits per heavy atom. The lowest BCUT2D eigenvalue weighted by atomic mass is 9.78. The van der Waals surface area contributed by atoms with Crippen LogP contribution >= 0.6 is 0 Å². The largest absolute Gasteiger partial charge is 0.373 e. The van der Waals surface area contributed by atoms with Gasteiger partial charge in [-0.15, -0.1) is 0 Å². The van der Waals surface area contributed by atoms with Gasteiger partial charge in [0.25, 0.3) is 0 Å². The van der Waals surface area contributed by atoms with Crippen molar-refractivity contribution in [2.24, 2.45) is 11.7 Å². The average molecular weight is 287 g/mol. The first-order valence-electron chi connectivity index (χ1n) is 8.64. The third-order valence-electron chi connectivity index (χ3n) is 5.51. The van der Waals surface area contributed by atoms with Gasteiger partial charge < -0.3 is 10.5 Å². The minimum Gasteiger partial charge on any atom is -0.373 e. The summed E-state index contributed by atoms with van der Waals surface area (Å²) in [5, 5.41) is 0. The second-order valence-corrected chi connectivity index (χ2v) is 7.19. The van der Waals surface area contributed by atoms with E-state index < -0.39 is 0 Å². The molecule has 116 valence electrons. The van der Waals surface area contributed by atoms with Crippen LogP contribution in [0.2, 0.25) is 0 Å². The molecule has 3 rings (SSSR count). The Morgan fingerprint density at radius 1 is 1.24 bits per heavy atom. The Balaban J connectivity index is 1.67. The zero-order chi connectivity index (χ0) is 14.7. The summed E-state index contributed by atoms with van der Waals surface area (Å²) < 4.78 is 6.46. The molecule has 1 aromatic rings. The predicted molar refractivity (Wildman–Crippen MR) is 87.5 cm³/mol. The number of ether oxygens (including phenoxy) is 1. The lowest BCUT2D eigenvalue weighted by Crippen LogP contribution is -2.45. The van der Waals surface area contributed by atoms with Crippen LogP contribution in [0.5, 0.6) is 0 Å². The molecule has 21 heavy (non-hydrogen) atoms. The standard InChI is InChI=1S/C19H29NO/c1-15-6-5-11-19(12-15,14-20)21-13-17-9-4-8-16-7-2-3-10-18(16)17/h2-3,7,10,15,17H,4-6,8-9,11-14,20H2,1H3. The molecule has 2 aliphatic rings. The highest BCUT2D eigenvalue weighted by atomic mass is 16.5. The van der Waals surface area contributed by atoms with Crippen molar-refractivity contribution in [3.8, 4) is 0 Å². The molecule has 3 unspecified atom stereocenters. The number of hydrogen-bond acceptors (Lipinski definition) is 2. The number of aryl methyl sites for hydroxylation is 1. The number of rotatable bonds is 4. The van der Waals surface area contributed by atoms with Crippen molar-refractivity contribution in [1.82, 2.24) is 0 Å². The summed E-state index contributed by atoms with van der Waals surface area (Å²) in [6, 6.07) is 8.90. The first kappa shape index (κ1) is 15.1. The van der Waals surface area contributed by atoms with Crippen molar-refractivity contribution < 1.29 is 4.74 Å². The highest BCUT2D eigenvalue weighted by molar-refractivity contribution is 5.32. The van der Waals surface area contributed by atoms with Gasteiger partial charge in [-0.1, -0.05) is 44.0 Å². The van der Waals surface area contributed by atoms with Gasteiger partial charge in [0.2, 0.25) is 0 Å². The lowest BCUT2D eigenvalue weighted by molar-refractivity contribution is -0.0804. The second kappa shape index (κ2) is 6.50. The molecule has 2 heteroatoms. The van der Waals surface area contributed by atoms with Crippen LogP contribution in [-0.2, 0) is 11.2 Å². The van der Waals surface area contributed by atoms with Crippen LogP contribution in [0, 0.1) is 5.92 Å². The molecule has 0 aromatic heterocycles. The summed E-state index contributed by atoms with van der Waals surface area (Å²) in [6.07, 6.45) is 8.65. The van der Waals surface area contributed by atoms with Crippen LogP contribution in [0.25, 0.3) is 0 Å². The molecule has 0 spiro atoms. The van der Waals surface area contributed by atoms with Crippen molar-refractivity contribution >= 4 is 0 Å². The lowest BCUT2D eigenvalue weighted by Gasteiger charge is -2.40. The fourth-order valence-electron chi connectivity index (χ4n) is 4.29. The number of benzene rings is 1. The van der Waals surface area contributed by atoms with E-state index in [1.54, 1.807) is 0 Å². The van der Waals surface area contributed by atoms with E-state index in [2.05, 4.69) is 31.2 Å². The average Bonchev–Trinajstić information content (AvgIpc) is 2.53. The zero-order valence-corrected chi connectivity index (χ0v) is 13.3. The Bertz CT molecular complexity index is 472. The smallest absolute Gasteiger partial charge is 0.0806 e. The second-order valence-electron chi connectivity index (χ2n) is 7.19. The van der Waals surface area contributed by atoms with Crippen molar-refractivity contribution in [2.75, 3.05) is 13.2 Å². The quantitative estimate of drug-likeness (QED) is 0.907. The van der Waals surface area contributed by atoms with E-state index in [9.17, 15) is 0 Å². The van der Waals surface area contributed by atoms with Crippen molar-refractivity contribution in [1.29, 1.82) is 0 Å². The maximum Gasteiger partial charge on any atom is 0.0806 e. The van der Waals surface area contributed by atoms with Gasteiger partial charge in [0.05, 0.1) is 12.2 Å². The van der Waals surface area contributed by atoms with E-state index in [-0.39, 0.29) is 5.60 Å². The molecule has 1 aromatic carbocycles. The molecular formula is C19H29NO. The van der Waals surface area contributed by atoms with Crippen molar-refractivity contribution in [3.05, 3.63) is 35.4 Å². The van der Waals surface area contributed by atoms with Gasteiger partial charge in [-0.05, 0) is 49.1 Å². The van der Waals surface area contributed by atoms with E-state index in [0.29, 0.717) is 12.5 Å². The first-order valence-corrected chi connectivity index (χ1v) is 8.64. The molecule has 1 saturated carbocycles. The van der Waals surface area contributed by atoms with Crippen molar-refractivity contribution in [3.63, 3.8) is 0 Å².